The Bertz CT molecular complexity index is 926. The van der Waals surface area contributed by atoms with E-state index >= 15 is 0 Å². The van der Waals surface area contributed by atoms with Gasteiger partial charge in [-0.05, 0) is 49.9 Å². The second-order valence-corrected chi connectivity index (χ2v) is 6.64. The van der Waals surface area contributed by atoms with Crippen LogP contribution < -0.4 is 4.74 Å². The molecule has 0 spiro atoms. The van der Waals surface area contributed by atoms with Crippen LogP contribution in [0.1, 0.15) is 26.2 Å². The lowest BCUT2D eigenvalue weighted by Gasteiger charge is -2.32. The van der Waals surface area contributed by atoms with Gasteiger partial charge in [0.05, 0.1) is 5.56 Å². The molecule has 0 aliphatic carbocycles. The van der Waals surface area contributed by atoms with E-state index in [1.165, 1.54) is 6.39 Å². The first-order valence-electron chi connectivity index (χ1n) is 9.01. The van der Waals surface area contributed by atoms with E-state index in [2.05, 4.69) is 22.1 Å². The number of benzene rings is 1. The number of carbonyl (C=O) groups is 1. The molecule has 1 aromatic carbocycles. The number of carbonyl (C=O) groups excluding carboxylic acids is 1. The highest BCUT2D eigenvalue weighted by Crippen LogP contribution is 2.27. The van der Waals surface area contributed by atoms with Gasteiger partial charge in [0.15, 0.2) is 0 Å². The van der Waals surface area contributed by atoms with Crippen LogP contribution in [0.2, 0.25) is 0 Å². The van der Waals surface area contributed by atoms with Gasteiger partial charge in [-0.15, -0.1) is 10.2 Å². The van der Waals surface area contributed by atoms with Gasteiger partial charge >= 0.3 is 6.09 Å². The second-order valence-electron chi connectivity index (χ2n) is 6.64. The van der Waals surface area contributed by atoms with Crippen LogP contribution in [0.5, 0.6) is 5.75 Å². The molecule has 4 rings (SSSR count). The van der Waals surface area contributed by atoms with Crippen LogP contribution in [0.15, 0.2) is 53.5 Å². The number of aromatic nitrogens is 3. The normalized spacial score (nSPS) is 16.9. The van der Waals surface area contributed by atoms with Gasteiger partial charge < -0.3 is 14.1 Å². The van der Waals surface area contributed by atoms with Crippen LogP contribution in [-0.4, -0.2) is 38.8 Å². The fourth-order valence-electron chi connectivity index (χ4n) is 3.28. The summed E-state index contributed by atoms with van der Waals surface area (Å²) in [5, 5.41) is 7.60. The average Bonchev–Trinajstić information content (AvgIpc) is 3.23. The molecule has 7 heteroatoms. The molecule has 7 nitrogen and oxygen atoms in total. The largest absolute Gasteiger partial charge is 0.423 e. The number of pyridine rings is 1. The molecule has 1 amide bonds. The smallest absolute Gasteiger partial charge is 0.415 e. The minimum absolute atomic E-state index is 0.213. The monoisotopic (exact) mass is 364 g/mol. The van der Waals surface area contributed by atoms with Crippen molar-refractivity contribution in [2.75, 3.05) is 6.54 Å². The first-order valence-corrected chi connectivity index (χ1v) is 9.01. The third-order valence-corrected chi connectivity index (χ3v) is 4.76. The van der Waals surface area contributed by atoms with Crippen LogP contribution >= 0.6 is 0 Å². The van der Waals surface area contributed by atoms with Crippen LogP contribution in [0, 0.1) is 0 Å². The number of hydrogen-bond donors (Lipinski definition) is 0. The molecule has 1 aliphatic rings. The number of piperidine rings is 1. The van der Waals surface area contributed by atoms with Crippen molar-refractivity contribution in [2.45, 2.75) is 32.2 Å². The Hall–Kier alpha value is -3.22. The van der Waals surface area contributed by atoms with Crippen molar-refractivity contribution in [2.24, 2.45) is 0 Å². The Morgan fingerprint density at radius 1 is 1.19 bits per heavy atom. The molecule has 1 unspecified atom stereocenters. The van der Waals surface area contributed by atoms with Gasteiger partial charge in [0.1, 0.15) is 5.75 Å². The van der Waals surface area contributed by atoms with E-state index in [0.717, 1.165) is 42.5 Å². The summed E-state index contributed by atoms with van der Waals surface area (Å²) in [6.45, 7) is 2.81. The summed E-state index contributed by atoms with van der Waals surface area (Å²) < 4.78 is 10.8. The van der Waals surface area contributed by atoms with E-state index in [0.29, 0.717) is 11.6 Å². The molecule has 3 heterocycles. The zero-order valence-electron chi connectivity index (χ0n) is 15.0. The fourth-order valence-corrected chi connectivity index (χ4v) is 3.28. The van der Waals surface area contributed by atoms with Crippen molar-refractivity contribution in [1.82, 2.24) is 20.1 Å². The number of ether oxygens (including phenoxy) is 1. The Morgan fingerprint density at radius 2 is 2.07 bits per heavy atom. The minimum atomic E-state index is -0.294. The second kappa shape index (κ2) is 7.57. The van der Waals surface area contributed by atoms with Crippen molar-refractivity contribution in [1.29, 1.82) is 0 Å². The predicted octanol–water partition coefficient (Wildman–Crippen LogP) is 4.17. The first kappa shape index (κ1) is 17.2. The molecule has 0 N–H and O–H groups in total. The molecule has 1 saturated heterocycles. The number of rotatable bonds is 3. The van der Waals surface area contributed by atoms with Gasteiger partial charge in [-0.25, -0.2) is 4.79 Å². The van der Waals surface area contributed by atoms with E-state index in [4.69, 9.17) is 9.15 Å². The number of likely N-dealkylation sites (tertiary alicyclic amines) is 1. The summed E-state index contributed by atoms with van der Waals surface area (Å²) in [5.41, 5.74) is 2.49. The van der Waals surface area contributed by atoms with E-state index < -0.39 is 0 Å². The quantitative estimate of drug-likeness (QED) is 0.694. The maximum atomic E-state index is 12.5. The van der Waals surface area contributed by atoms with E-state index in [1.54, 1.807) is 23.4 Å². The van der Waals surface area contributed by atoms with Gasteiger partial charge in [-0.1, -0.05) is 12.1 Å². The molecule has 0 bridgehead atoms. The highest BCUT2D eigenvalue weighted by atomic mass is 16.6. The van der Waals surface area contributed by atoms with Crippen molar-refractivity contribution in [3.05, 3.63) is 49.1 Å². The van der Waals surface area contributed by atoms with Crippen molar-refractivity contribution < 1.29 is 13.9 Å². The summed E-state index contributed by atoms with van der Waals surface area (Å²) in [6.07, 6.45) is 7.59. The molecule has 3 aromatic rings. The highest BCUT2D eigenvalue weighted by Gasteiger charge is 2.24. The molecule has 0 radical (unpaired) electrons. The summed E-state index contributed by atoms with van der Waals surface area (Å²) in [7, 11) is 0. The van der Waals surface area contributed by atoms with E-state index in [1.807, 2.05) is 24.3 Å². The molecule has 1 atom stereocenters. The molecular weight excluding hydrogens is 344 g/mol. The van der Waals surface area contributed by atoms with Gasteiger partial charge in [0.25, 0.3) is 0 Å². The summed E-state index contributed by atoms with van der Waals surface area (Å²) in [4.78, 5) is 18.5. The molecule has 138 valence electrons. The Balaban J connectivity index is 1.54. The zero-order chi connectivity index (χ0) is 18.6. The van der Waals surface area contributed by atoms with Crippen LogP contribution in [0.3, 0.4) is 0 Å². The van der Waals surface area contributed by atoms with Gasteiger partial charge in [0.2, 0.25) is 12.3 Å². The SMILES string of the molecule is CC1CCCCN1C(=O)Oc1cccc(-c2cncc(-c3nnco3)c2)c1. The summed E-state index contributed by atoms with van der Waals surface area (Å²) in [5.74, 6) is 0.921. The van der Waals surface area contributed by atoms with Crippen LogP contribution in [0.4, 0.5) is 4.79 Å². The zero-order valence-corrected chi connectivity index (χ0v) is 15.0. The van der Waals surface area contributed by atoms with E-state index in [9.17, 15) is 4.79 Å². The minimum Gasteiger partial charge on any atom is -0.423 e. The molecule has 0 saturated carbocycles. The highest BCUT2D eigenvalue weighted by molar-refractivity contribution is 5.73. The van der Waals surface area contributed by atoms with Crippen molar-refractivity contribution in [3.63, 3.8) is 0 Å². The Morgan fingerprint density at radius 3 is 2.89 bits per heavy atom. The van der Waals surface area contributed by atoms with Crippen molar-refractivity contribution in [3.8, 4) is 28.3 Å². The summed E-state index contributed by atoms with van der Waals surface area (Å²) in [6, 6.07) is 9.54. The number of hydrogen-bond acceptors (Lipinski definition) is 6. The third kappa shape index (κ3) is 3.81. The van der Waals surface area contributed by atoms with Crippen molar-refractivity contribution >= 4 is 6.09 Å². The van der Waals surface area contributed by atoms with Gasteiger partial charge in [0, 0.05) is 30.5 Å². The lowest BCUT2D eigenvalue weighted by atomic mass is 10.0. The maximum absolute atomic E-state index is 12.5. The molecule has 27 heavy (non-hydrogen) atoms. The standard InChI is InChI=1S/C20H20N4O3/c1-14-5-2-3-8-24(14)20(25)27-18-7-4-6-15(10-18)16-9-17(12-21-11-16)19-23-22-13-26-19/h4,6-7,9-14H,2-3,5,8H2,1H3. The topological polar surface area (TPSA) is 81.4 Å². The molecule has 1 aliphatic heterocycles. The van der Waals surface area contributed by atoms with Crippen LogP contribution in [0.25, 0.3) is 22.6 Å². The maximum Gasteiger partial charge on any atom is 0.415 e. The summed E-state index contributed by atoms with van der Waals surface area (Å²) >= 11 is 0. The predicted molar refractivity (Wildman–Crippen MR) is 99.0 cm³/mol. The van der Waals surface area contributed by atoms with Crippen LogP contribution in [-0.2, 0) is 0 Å². The molecule has 2 aromatic heterocycles. The third-order valence-electron chi connectivity index (χ3n) is 4.76. The van der Waals surface area contributed by atoms with Gasteiger partial charge in [-0.3, -0.25) is 4.98 Å². The van der Waals surface area contributed by atoms with Gasteiger partial charge in [-0.2, -0.15) is 0 Å². The lowest BCUT2D eigenvalue weighted by molar-refractivity contribution is 0.118. The Kier molecular flexibility index (Phi) is 4.82. The number of amides is 1. The Labute approximate surface area is 157 Å². The van der Waals surface area contributed by atoms with E-state index in [-0.39, 0.29) is 12.1 Å². The lowest BCUT2D eigenvalue weighted by Crippen LogP contribution is -2.43. The first-order chi connectivity index (χ1) is 13.2. The average molecular weight is 364 g/mol. The number of nitrogens with zero attached hydrogens (tertiary/aromatic N) is 4. The molecule has 1 fully saturated rings. The fraction of sp³-hybridized carbons (Fsp3) is 0.300. The molecular formula is C20H20N4O3.